The number of benzene rings is 1. The summed E-state index contributed by atoms with van der Waals surface area (Å²) in [6.45, 7) is 3.73. The molecular formula is C16H24N2O3. The lowest BCUT2D eigenvalue weighted by molar-refractivity contribution is -0.149. The Labute approximate surface area is 125 Å². The molecule has 0 aliphatic heterocycles. The summed E-state index contributed by atoms with van der Waals surface area (Å²) in [6.07, 6.45) is 1.37. The molecule has 0 radical (unpaired) electrons. The summed E-state index contributed by atoms with van der Waals surface area (Å²) >= 11 is 0. The molecule has 0 aliphatic carbocycles. The molecule has 21 heavy (non-hydrogen) atoms. The van der Waals surface area contributed by atoms with E-state index < -0.39 is 17.4 Å². The number of carbonyl (C=O) groups is 2. The minimum Gasteiger partial charge on any atom is -0.481 e. The summed E-state index contributed by atoms with van der Waals surface area (Å²) in [6, 6.07) is 8.83. The van der Waals surface area contributed by atoms with Gasteiger partial charge in [0, 0.05) is 6.54 Å². The molecule has 4 N–H and O–H groups in total. The Morgan fingerprint density at radius 2 is 1.81 bits per heavy atom. The minimum absolute atomic E-state index is 0.108. The SMILES string of the molecule is CCC(CC)(CNC(=O)[C@@H](N)Cc1ccccc1)C(=O)O. The van der Waals surface area contributed by atoms with E-state index in [2.05, 4.69) is 5.32 Å². The summed E-state index contributed by atoms with van der Waals surface area (Å²) in [5, 5.41) is 12.0. The van der Waals surface area contributed by atoms with Crippen LogP contribution < -0.4 is 11.1 Å². The van der Waals surface area contributed by atoms with Gasteiger partial charge in [-0.25, -0.2) is 0 Å². The summed E-state index contributed by atoms with van der Waals surface area (Å²) < 4.78 is 0. The summed E-state index contributed by atoms with van der Waals surface area (Å²) in [5.41, 5.74) is 5.95. The van der Waals surface area contributed by atoms with Crippen LogP contribution in [0.1, 0.15) is 32.3 Å². The molecule has 0 bridgehead atoms. The van der Waals surface area contributed by atoms with Crippen molar-refractivity contribution in [3.05, 3.63) is 35.9 Å². The van der Waals surface area contributed by atoms with E-state index >= 15 is 0 Å². The number of hydrogen-bond acceptors (Lipinski definition) is 3. The molecule has 0 unspecified atom stereocenters. The van der Waals surface area contributed by atoms with Crippen LogP contribution in [0.2, 0.25) is 0 Å². The van der Waals surface area contributed by atoms with Crippen molar-refractivity contribution in [2.24, 2.45) is 11.1 Å². The maximum absolute atomic E-state index is 12.0. The third kappa shape index (κ3) is 4.56. The normalized spacial score (nSPS) is 12.7. The lowest BCUT2D eigenvalue weighted by Crippen LogP contribution is -2.48. The van der Waals surface area contributed by atoms with Crippen LogP contribution in [0.25, 0.3) is 0 Å². The number of carboxylic acids is 1. The van der Waals surface area contributed by atoms with E-state index in [9.17, 15) is 14.7 Å². The fourth-order valence-corrected chi connectivity index (χ4v) is 2.23. The van der Waals surface area contributed by atoms with Crippen molar-refractivity contribution in [2.45, 2.75) is 39.2 Å². The van der Waals surface area contributed by atoms with E-state index in [0.717, 1.165) is 5.56 Å². The number of rotatable bonds is 8. The van der Waals surface area contributed by atoms with Crippen LogP contribution in [0.5, 0.6) is 0 Å². The van der Waals surface area contributed by atoms with E-state index in [0.29, 0.717) is 19.3 Å². The zero-order valence-corrected chi connectivity index (χ0v) is 12.6. The second kappa shape index (κ2) is 7.78. The van der Waals surface area contributed by atoms with Crippen LogP contribution >= 0.6 is 0 Å². The maximum atomic E-state index is 12.0. The van der Waals surface area contributed by atoms with Crippen LogP contribution in [0.15, 0.2) is 30.3 Å². The number of hydrogen-bond donors (Lipinski definition) is 3. The van der Waals surface area contributed by atoms with Gasteiger partial charge in [0.25, 0.3) is 0 Å². The number of nitrogens with one attached hydrogen (secondary N) is 1. The van der Waals surface area contributed by atoms with Crippen molar-refractivity contribution in [2.75, 3.05) is 6.54 Å². The summed E-state index contributed by atoms with van der Waals surface area (Å²) in [7, 11) is 0. The Hall–Kier alpha value is -1.88. The van der Waals surface area contributed by atoms with Gasteiger partial charge in [-0.15, -0.1) is 0 Å². The predicted molar refractivity (Wildman–Crippen MR) is 81.8 cm³/mol. The molecule has 0 spiro atoms. The number of aliphatic carboxylic acids is 1. The molecule has 5 nitrogen and oxygen atoms in total. The third-order valence-electron chi connectivity index (χ3n) is 4.04. The minimum atomic E-state index is -0.915. The van der Waals surface area contributed by atoms with E-state index in [-0.39, 0.29) is 12.5 Å². The van der Waals surface area contributed by atoms with Crippen molar-refractivity contribution >= 4 is 11.9 Å². The first-order valence-corrected chi connectivity index (χ1v) is 7.25. The average molecular weight is 292 g/mol. The van der Waals surface area contributed by atoms with Gasteiger partial charge >= 0.3 is 5.97 Å². The summed E-state index contributed by atoms with van der Waals surface area (Å²) in [4.78, 5) is 23.4. The molecule has 0 saturated heterocycles. The first kappa shape index (κ1) is 17.2. The zero-order chi connectivity index (χ0) is 15.9. The van der Waals surface area contributed by atoms with Gasteiger partial charge in [-0.1, -0.05) is 44.2 Å². The molecule has 1 aromatic rings. The molecular weight excluding hydrogens is 268 g/mol. The van der Waals surface area contributed by atoms with Gasteiger partial charge in [-0.2, -0.15) is 0 Å². The Morgan fingerprint density at radius 1 is 1.24 bits per heavy atom. The average Bonchev–Trinajstić information content (AvgIpc) is 2.49. The second-order valence-corrected chi connectivity index (χ2v) is 5.31. The van der Waals surface area contributed by atoms with Gasteiger partial charge in [0.05, 0.1) is 11.5 Å². The topological polar surface area (TPSA) is 92.4 Å². The lowest BCUT2D eigenvalue weighted by atomic mass is 9.82. The van der Waals surface area contributed by atoms with Crippen molar-refractivity contribution < 1.29 is 14.7 Å². The Morgan fingerprint density at radius 3 is 2.29 bits per heavy atom. The van der Waals surface area contributed by atoms with Gasteiger partial charge in [0.15, 0.2) is 0 Å². The highest BCUT2D eigenvalue weighted by Gasteiger charge is 2.35. The van der Waals surface area contributed by atoms with Crippen LogP contribution in [0, 0.1) is 5.41 Å². The largest absolute Gasteiger partial charge is 0.481 e. The highest BCUT2D eigenvalue weighted by molar-refractivity contribution is 5.83. The predicted octanol–water partition coefficient (Wildman–Crippen LogP) is 1.56. The fourth-order valence-electron chi connectivity index (χ4n) is 2.23. The van der Waals surface area contributed by atoms with Gasteiger partial charge in [-0.05, 0) is 24.8 Å². The van der Waals surface area contributed by atoms with Crippen LogP contribution in [-0.4, -0.2) is 29.6 Å². The van der Waals surface area contributed by atoms with Crippen LogP contribution in [-0.2, 0) is 16.0 Å². The molecule has 1 amide bonds. The molecule has 1 aromatic carbocycles. The first-order valence-electron chi connectivity index (χ1n) is 7.25. The quantitative estimate of drug-likeness (QED) is 0.678. The van der Waals surface area contributed by atoms with Crippen LogP contribution in [0.4, 0.5) is 0 Å². The second-order valence-electron chi connectivity index (χ2n) is 5.31. The zero-order valence-electron chi connectivity index (χ0n) is 12.6. The van der Waals surface area contributed by atoms with Crippen molar-refractivity contribution in [3.8, 4) is 0 Å². The van der Waals surface area contributed by atoms with E-state index in [1.165, 1.54) is 0 Å². The number of carboxylic acid groups (broad SMARTS) is 1. The molecule has 0 saturated carbocycles. The van der Waals surface area contributed by atoms with E-state index in [4.69, 9.17) is 5.73 Å². The maximum Gasteiger partial charge on any atom is 0.311 e. The molecule has 0 heterocycles. The Kier molecular flexibility index (Phi) is 6.37. The Bertz CT molecular complexity index is 470. The van der Waals surface area contributed by atoms with Crippen molar-refractivity contribution in [1.29, 1.82) is 0 Å². The molecule has 0 fully saturated rings. The standard InChI is InChI=1S/C16H24N2O3/c1-3-16(4-2,15(20)21)11-18-14(19)13(17)10-12-8-6-5-7-9-12/h5-9,13H,3-4,10-11,17H2,1-2H3,(H,18,19)(H,20,21)/t13-/m0/s1. The van der Waals surface area contributed by atoms with Gasteiger partial charge in [0.1, 0.15) is 0 Å². The van der Waals surface area contributed by atoms with E-state index in [1.54, 1.807) is 0 Å². The molecule has 5 heteroatoms. The molecule has 1 atom stereocenters. The van der Waals surface area contributed by atoms with Gasteiger partial charge < -0.3 is 16.2 Å². The monoisotopic (exact) mass is 292 g/mol. The van der Waals surface area contributed by atoms with Crippen molar-refractivity contribution in [3.63, 3.8) is 0 Å². The number of amides is 1. The van der Waals surface area contributed by atoms with E-state index in [1.807, 2.05) is 44.2 Å². The van der Waals surface area contributed by atoms with Gasteiger partial charge in [-0.3, -0.25) is 9.59 Å². The van der Waals surface area contributed by atoms with Crippen molar-refractivity contribution in [1.82, 2.24) is 5.32 Å². The Balaban J connectivity index is 2.58. The molecule has 0 aliphatic rings. The molecule has 1 rings (SSSR count). The summed E-state index contributed by atoms with van der Waals surface area (Å²) in [5.74, 6) is -1.20. The van der Waals surface area contributed by atoms with Crippen LogP contribution in [0.3, 0.4) is 0 Å². The highest BCUT2D eigenvalue weighted by atomic mass is 16.4. The lowest BCUT2D eigenvalue weighted by Gasteiger charge is -2.27. The number of nitrogens with two attached hydrogens (primary N) is 1. The number of carbonyl (C=O) groups excluding carboxylic acids is 1. The fraction of sp³-hybridized carbons (Fsp3) is 0.500. The highest BCUT2D eigenvalue weighted by Crippen LogP contribution is 2.25. The first-order chi connectivity index (χ1) is 9.95. The smallest absolute Gasteiger partial charge is 0.311 e. The molecule has 116 valence electrons. The third-order valence-corrected chi connectivity index (χ3v) is 4.04. The van der Waals surface area contributed by atoms with Gasteiger partial charge in [0.2, 0.25) is 5.91 Å². The molecule has 0 aromatic heterocycles.